The van der Waals surface area contributed by atoms with E-state index >= 15 is 0 Å². The molecule has 1 aromatic carbocycles. The number of hydrogen-bond donors (Lipinski definition) is 1. The van der Waals surface area contributed by atoms with E-state index < -0.39 is 6.04 Å². The molecule has 0 spiro atoms. The lowest BCUT2D eigenvalue weighted by molar-refractivity contribution is 0.0950. The molecule has 0 radical (unpaired) electrons. The van der Waals surface area contributed by atoms with Gasteiger partial charge in [-0.25, -0.2) is 0 Å². The van der Waals surface area contributed by atoms with E-state index in [2.05, 4.69) is 13.0 Å². The van der Waals surface area contributed by atoms with Gasteiger partial charge in [-0.15, -0.1) is 0 Å². The molecule has 0 saturated heterocycles. The van der Waals surface area contributed by atoms with Crippen molar-refractivity contribution in [3.05, 3.63) is 35.4 Å². The molecule has 0 aliphatic heterocycles. The van der Waals surface area contributed by atoms with Gasteiger partial charge in [0, 0.05) is 19.3 Å². The average Bonchev–Trinajstić information content (AvgIpc) is 2.39. The van der Waals surface area contributed by atoms with Crippen molar-refractivity contribution in [3.63, 3.8) is 0 Å². The van der Waals surface area contributed by atoms with Gasteiger partial charge in [0.05, 0.1) is 6.04 Å². The highest BCUT2D eigenvalue weighted by atomic mass is 16.5. The van der Waals surface area contributed by atoms with Crippen molar-refractivity contribution < 1.29 is 9.53 Å². The first kappa shape index (κ1) is 14.9. The molecule has 0 bridgehead atoms. The summed E-state index contributed by atoms with van der Waals surface area (Å²) in [4.78, 5) is 12.1. The SMILES string of the molecule is CCCc1cccc(C(=O)C(N)CCCOC)c1. The Labute approximate surface area is 109 Å². The summed E-state index contributed by atoms with van der Waals surface area (Å²) in [6.07, 6.45) is 3.57. The van der Waals surface area contributed by atoms with Gasteiger partial charge >= 0.3 is 0 Å². The zero-order valence-corrected chi connectivity index (χ0v) is 11.3. The average molecular weight is 249 g/mol. The predicted octanol–water partition coefficient (Wildman–Crippen LogP) is 2.58. The molecule has 2 N–H and O–H groups in total. The summed E-state index contributed by atoms with van der Waals surface area (Å²) in [7, 11) is 1.65. The molecule has 0 aliphatic rings. The number of ether oxygens (including phenoxy) is 1. The minimum Gasteiger partial charge on any atom is -0.385 e. The Morgan fingerprint density at radius 1 is 1.44 bits per heavy atom. The molecule has 0 heterocycles. The van der Waals surface area contributed by atoms with Crippen molar-refractivity contribution in [2.75, 3.05) is 13.7 Å². The van der Waals surface area contributed by atoms with Crippen LogP contribution in [-0.4, -0.2) is 25.5 Å². The van der Waals surface area contributed by atoms with Crippen LogP contribution in [0.4, 0.5) is 0 Å². The molecule has 3 heteroatoms. The Kier molecular flexibility index (Phi) is 6.61. The van der Waals surface area contributed by atoms with Gasteiger partial charge < -0.3 is 10.5 Å². The van der Waals surface area contributed by atoms with E-state index in [9.17, 15) is 4.79 Å². The summed E-state index contributed by atoms with van der Waals surface area (Å²) in [5.74, 6) is 0.0315. The molecule has 0 aliphatic carbocycles. The van der Waals surface area contributed by atoms with Gasteiger partial charge in [-0.05, 0) is 30.9 Å². The molecule has 1 aromatic rings. The highest BCUT2D eigenvalue weighted by Crippen LogP contribution is 2.11. The maximum absolute atomic E-state index is 12.1. The van der Waals surface area contributed by atoms with Gasteiger partial charge in [0.2, 0.25) is 0 Å². The largest absolute Gasteiger partial charge is 0.385 e. The van der Waals surface area contributed by atoms with Crippen LogP contribution in [0.15, 0.2) is 24.3 Å². The predicted molar refractivity (Wildman–Crippen MR) is 73.9 cm³/mol. The van der Waals surface area contributed by atoms with Gasteiger partial charge in [-0.3, -0.25) is 4.79 Å². The lowest BCUT2D eigenvalue weighted by Gasteiger charge is -2.11. The standard InChI is InChI=1S/C15H23NO2/c1-3-6-12-7-4-8-13(11-12)15(17)14(16)9-5-10-18-2/h4,7-8,11,14H,3,5-6,9-10,16H2,1-2H3. The normalized spacial score (nSPS) is 12.4. The van der Waals surface area contributed by atoms with Crippen LogP contribution in [0, 0.1) is 0 Å². The molecule has 3 nitrogen and oxygen atoms in total. The lowest BCUT2D eigenvalue weighted by Crippen LogP contribution is -2.30. The molecule has 0 amide bonds. The van der Waals surface area contributed by atoms with Crippen LogP contribution in [0.25, 0.3) is 0 Å². The van der Waals surface area contributed by atoms with Crippen LogP contribution in [0.2, 0.25) is 0 Å². The van der Waals surface area contributed by atoms with E-state index in [1.54, 1.807) is 7.11 Å². The second kappa shape index (κ2) is 8.01. The van der Waals surface area contributed by atoms with Crippen molar-refractivity contribution in [3.8, 4) is 0 Å². The molecule has 100 valence electrons. The molecule has 0 fully saturated rings. The highest BCUT2D eigenvalue weighted by molar-refractivity contribution is 6.00. The number of hydrogen-bond acceptors (Lipinski definition) is 3. The van der Waals surface area contributed by atoms with Crippen molar-refractivity contribution in [1.82, 2.24) is 0 Å². The van der Waals surface area contributed by atoms with Crippen LogP contribution in [0.1, 0.15) is 42.1 Å². The Bertz CT molecular complexity index is 377. The van der Waals surface area contributed by atoms with Gasteiger partial charge in [0.25, 0.3) is 0 Å². The smallest absolute Gasteiger partial charge is 0.179 e. The van der Waals surface area contributed by atoms with E-state index in [0.29, 0.717) is 13.0 Å². The summed E-state index contributed by atoms with van der Waals surface area (Å²) in [5, 5.41) is 0. The number of ketones is 1. The molecular weight excluding hydrogens is 226 g/mol. The zero-order chi connectivity index (χ0) is 13.4. The van der Waals surface area contributed by atoms with Gasteiger partial charge in [0.15, 0.2) is 5.78 Å². The third-order valence-electron chi connectivity index (χ3n) is 2.95. The number of nitrogens with two attached hydrogens (primary N) is 1. The molecule has 1 atom stereocenters. The number of carbonyl (C=O) groups is 1. The van der Waals surface area contributed by atoms with E-state index in [0.717, 1.165) is 24.8 Å². The summed E-state index contributed by atoms with van der Waals surface area (Å²) in [6, 6.07) is 7.37. The second-order valence-electron chi connectivity index (χ2n) is 4.56. The van der Waals surface area contributed by atoms with E-state index in [4.69, 9.17) is 10.5 Å². The summed E-state index contributed by atoms with van der Waals surface area (Å²) < 4.78 is 4.96. The van der Waals surface area contributed by atoms with Crippen LogP contribution >= 0.6 is 0 Å². The summed E-state index contributed by atoms with van der Waals surface area (Å²) in [5.41, 5.74) is 7.84. The van der Waals surface area contributed by atoms with E-state index in [1.165, 1.54) is 5.56 Å². The van der Waals surface area contributed by atoms with E-state index in [1.807, 2.05) is 18.2 Å². The molecular formula is C15H23NO2. The van der Waals surface area contributed by atoms with Crippen molar-refractivity contribution in [2.45, 2.75) is 38.6 Å². The van der Waals surface area contributed by atoms with Crippen molar-refractivity contribution in [1.29, 1.82) is 0 Å². The quantitative estimate of drug-likeness (QED) is 0.569. The van der Waals surface area contributed by atoms with E-state index in [-0.39, 0.29) is 5.78 Å². The Morgan fingerprint density at radius 2 is 2.22 bits per heavy atom. The Balaban J connectivity index is 2.62. The van der Waals surface area contributed by atoms with Crippen LogP contribution in [0.5, 0.6) is 0 Å². The third-order valence-corrected chi connectivity index (χ3v) is 2.95. The van der Waals surface area contributed by atoms with Gasteiger partial charge in [-0.1, -0.05) is 31.5 Å². The minimum absolute atomic E-state index is 0.0315. The summed E-state index contributed by atoms with van der Waals surface area (Å²) in [6.45, 7) is 2.78. The van der Waals surface area contributed by atoms with Crippen molar-refractivity contribution in [2.24, 2.45) is 5.73 Å². The maximum atomic E-state index is 12.1. The second-order valence-corrected chi connectivity index (χ2v) is 4.56. The Morgan fingerprint density at radius 3 is 2.89 bits per heavy atom. The van der Waals surface area contributed by atoms with Gasteiger partial charge in [0.1, 0.15) is 0 Å². The highest BCUT2D eigenvalue weighted by Gasteiger charge is 2.15. The number of benzene rings is 1. The molecule has 1 rings (SSSR count). The zero-order valence-electron chi connectivity index (χ0n) is 11.3. The monoisotopic (exact) mass is 249 g/mol. The van der Waals surface area contributed by atoms with Crippen molar-refractivity contribution >= 4 is 5.78 Å². The number of methoxy groups -OCH3 is 1. The molecule has 0 saturated carbocycles. The van der Waals surface area contributed by atoms with Gasteiger partial charge in [-0.2, -0.15) is 0 Å². The fourth-order valence-corrected chi connectivity index (χ4v) is 1.96. The molecule has 1 unspecified atom stereocenters. The van der Waals surface area contributed by atoms with Crippen LogP contribution in [-0.2, 0) is 11.2 Å². The first-order valence-corrected chi connectivity index (χ1v) is 6.56. The summed E-state index contributed by atoms with van der Waals surface area (Å²) >= 11 is 0. The third kappa shape index (κ3) is 4.59. The lowest BCUT2D eigenvalue weighted by atomic mass is 9.98. The molecule has 18 heavy (non-hydrogen) atoms. The topological polar surface area (TPSA) is 52.3 Å². The number of rotatable bonds is 8. The first-order valence-electron chi connectivity index (χ1n) is 6.56. The fourth-order valence-electron chi connectivity index (χ4n) is 1.96. The Hall–Kier alpha value is -1.19. The van der Waals surface area contributed by atoms with Crippen LogP contribution < -0.4 is 5.73 Å². The maximum Gasteiger partial charge on any atom is 0.179 e. The number of carbonyl (C=O) groups excluding carboxylic acids is 1. The first-order chi connectivity index (χ1) is 8.69. The van der Waals surface area contributed by atoms with Crippen LogP contribution in [0.3, 0.4) is 0 Å². The number of Topliss-reactive ketones (excluding diaryl/α,β-unsaturated/α-hetero) is 1. The molecule has 0 aromatic heterocycles. The number of aryl methyl sites for hydroxylation is 1. The fraction of sp³-hybridized carbons (Fsp3) is 0.533. The minimum atomic E-state index is -0.419.